The zero-order chi connectivity index (χ0) is 23.9. The highest BCUT2D eigenvalue weighted by molar-refractivity contribution is 7.92. The van der Waals surface area contributed by atoms with E-state index in [4.69, 9.17) is 0 Å². The molecule has 2 aromatic rings. The van der Waals surface area contributed by atoms with Crippen LogP contribution in [0, 0.1) is 6.92 Å². The van der Waals surface area contributed by atoms with Gasteiger partial charge in [-0.1, -0.05) is 55.0 Å². The number of aryl methyl sites for hydroxylation is 1. The SMILES string of the molecule is CCC(C)NC(=O)C(C)N(Cc1ccc(C)cc1)C(=O)CN(c1ccccc1)S(C)(=O)=O. The molecule has 0 aliphatic rings. The fourth-order valence-electron chi connectivity index (χ4n) is 3.15. The van der Waals surface area contributed by atoms with Gasteiger partial charge in [0.25, 0.3) is 0 Å². The topological polar surface area (TPSA) is 86.8 Å². The van der Waals surface area contributed by atoms with Crippen molar-refractivity contribution in [2.45, 2.75) is 52.7 Å². The molecule has 0 radical (unpaired) electrons. The molecule has 0 fully saturated rings. The molecule has 8 heteroatoms. The van der Waals surface area contributed by atoms with Crippen LogP contribution in [0.2, 0.25) is 0 Å². The van der Waals surface area contributed by atoms with Crippen molar-refractivity contribution in [2.24, 2.45) is 0 Å². The van der Waals surface area contributed by atoms with E-state index in [1.165, 1.54) is 4.90 Å². The lowest BCUT2D eigenvalue weighted by molar-refractivity contribution is -0.139. The minimum atomic E-state index is -3.71. The summed E-state index contributed by atoms with van der Waals surface area (Å²) in [4.78, 5) is 27.6. The molecule has 0 saturated heterocycles. The largest absolute Gasteiger partial charge is 0.352 e. The van der Waals surface area contributed by atoms with E-state index in [1.54, 1.807) is 37.3 Å². The molecule has 2 amide bonds. The van der Waals surface area contributed by atoms with Crippen LogP contribution in [-0.2, 0) is 26.2 Å². The van der Waals surface area contributed by atoms with Crippen molar-refractivity contribution in [3.05, 3.63) is 65.7 Å². The Hall–Kier alpha value is -2.87. The quantitative estimate of drug-likeness (QED) is 0.592. The summed E-state index contributed by atoms with van der Waals surface area (Å²) < 4.78 is 26.0. The monoisotopic (exact) mass is 459 g/mol. The molecule has 7 nitrogen and oxygen atoms in total. The lowest BCUT2D eigenvalue weighted by Crippen LogP contribution is -2.52. The van der Waals surface area contributed by atoms with E-state index in [2.05, 4.69) is 5.32 Å². The van der Waals surface area contributed by atoms with Gasteiger partial charge >= 0.3 is 0 Å². The van der Waals surface area contributed by atoms with E-state index < -0.39 is 28.5 Å². The number of amides is 2. The van der Waals surface area contributed by atoms with E-state index in [0.717, 1.165) is 28.1 Å². The first kappa shape index (κ1) is 25.4. The molecule has 0 saturated carbocycles. The third-order valence-corrected chi connectivity index (χ3v) is 6.51. The van der Waals surface area contributed by atoms with Crippen LogP contribution in [0.3, 0.4) is 0 Å². The third-order valence-electron chi connectivity index (χ3n) is 5.37. The highest BCUT2D eigenvalue weighted by atomic mass is 32.2. The lowest BCUT2D eigenvalue weighted by Gasteiger charge is -2.32. The van der Waals surface area contributed by atoms with Gasteiger partial charge < -0.3 is 10.2 Å². The van der Waals surface area contributed by atoms with Crippen molar-refractivity contribution in [3.8, 4) is 0 Å². The van der Waals surface area contributed by atoms with Crippen LogP contribution in [0.4, 0.5) is 5.69 Å². The summed E-state index contributed by atoms with van der Waals surface area (Å²) in [6, 6.07) is 15.4. The first-order valence-electron chi connectivity index (χ1n) is 10.7. The van der Waals surface area contributed by atoms with Crippen LogP contribution in [0.25, 0.3) is 0 Å². The van der Waals surface area contributed by atoms with Gasteiger partial charge in [0.1, 0.15) is 12.6 Å². The normalized spacial score (nSPS) is 13.2. The second kappa shape index (κ2) is 11.1. The number of hydrogen-bond donors (Lipinski definition) is 1. The molecule has 2 aromatic carbocycles. The Morgan fingerprint density at radius 2 is 1.59 bits per heavy atom. The van der Waals surface area contributed by atoms with E-state index in [9.17, 15) is 18.0 Å². The molecule has 2 atom stereocenters. The predicted octanol–water partition coefficient (Wildman–Crippen LogP) is 3.09. The predicted molar refractivity (Wildman–Crippen MR) is 128 cm³/mol. The average Bonchev–Trinajstić information content (AvgIpc) is 2.76. The van der Waals surface area contributed by atoms with Gasteiger partial charge in [0, 0.05) is 12.6 Å². The number of nitrogens with zero attached hydrogens (tertiary/aromatic N) is 2. The Bertz CT molecular complexity index is 1010. The smallest absolute Gasteiger partial charge is 0.244 e. The number of sulfonamides is 1. The van der Waals surface area contributed by atoms with Crippen LogP contribution in [-0.4, -0.2) is 50.0 Å². The van der Waals surface area contributed by atoms with E-state index in [1.807, 2.05) is 45.0 Å². The van der Waals surface area contributed by atoms with Crippen LogP contribution < -0.4 is 9.62 Å². The number of nitrogens with one attached hydrogen (secondary N) is 1. The maximum absolute atomic E-state index is 13.4. The molecule has 0 spiro atoms. The molecule has 0 bridgehead atoms. The number of rotatable bonds is 10. The van der Waals surface area contributed by atoms with Gasteiger partial charge in [0.05, 0.1) is 11.9 Å². The third kappa shape index (κ3) is 7.09. The van der Waals surface area contributed by atoms with E-state index in [-0.39, 0.29) is 18.5 Å². The van der Waals surface area contributed by atoms with Crippen molar-refractivity contribution < 1.29 is 18.0 Å². The van der Waals surface area contributed by atoms with Crippen molar-refractivity contribution in [3.63, 3.8) is 0 Å². The molecule has 2 rings (SSSR count). The molecule has 0 aliphatic carbocycles. The molecule has 0 aromatic heterocycles. The number of carbonyl (C=O) groups excluding carboxylic acids is 2. The van der Waals surface area contributed by atoms with Gasteiger partial charge in [-0.2, -0.15) is 0 Å². The summed E-state index contributed by atoms with van der Waals surface area (Å²) in [6.07, 6.45) is 1.83. The number of benzene rings is 2. The number of anilines is 1. The highest BCUT2D eigenvalue weighted by Crippen LogP contribution is 2.18. The molecular formula is C24H33N3O4S. The molecule has 0 heterocycles. The van der Waals surface area contributed by atoms with Crippen LogP contribution in [0.15, 0.2) is 54.6 Å². The maximum Gasteiger partial charge on any atom is 0.244 e. The van der Waals surface area contributed by atoms with Gasteiger partial charge in [-0.15, -0.1) is 0 Å². The fourth-order valence-corrected chi connectivity index (χ4v) is 4.00. The van der Waals surface area contributed by atoms with Gasteiger partial charge in [-0.05, 0) is 44.9 Å². The van der Waals surface area contributed by atoms with Gasteiger partial charge in [0.15, 0.2) is 0 Å². The first-order valence-corrected chi connectivity index (χ1v) is 12.6. The number of para-hydroxylation sites is 1. The molecule has 0 aliphatic heterocycles. The van der Waals surface area contributed by atoms with Crippen LogP contribution >= 0.6 is 0 Å². The fraction of sp³-hybridized carbons (Fsp3) is 0.417. The van der Waals surface area contributed by atoms with Crippen LogP contribution in [0.1, 0.15) is 38.3 Å². The minimum absolute atomic E-state index is 0.0295. The van der Waals surface area contributed by atoms with Crippen molar-refractivity contribution >= 4 is 27.5 Å². The van der Waals surface area contributed by atoms with Crippen molar-refractivity contribution in [1.29, 1.82) is 0 Å². The zero-order valence-electron chi connectivity index (χ0n) is 19.4. The van der Waals surface area contributed by atoms with Crippen molar-refractivity contribution in [1.82, 2.24) is 10.2 Å². The second-order valence-corrected chi connectivity index (χ2v) is 10.0. The Morgan fingerprint density at radius 1 is 1.00 bits per heavy atom. The van der Waals surface area contributed by atoms with E-state index in [0.29, 0.717) is 5.69 Å². The van der Waals surface area contributed by atoms with Crippen LogP contribution in [0.5, 0.6) is 0 Å². The Morgan fingerprint density at radius 3 is 2.12 bits per heavy atom. The molecule has 2 unspecified atom stereocenters. The van der Waals surface area contributed by atoms with Gasteiger partial charge in [-0.25, -0.2) is 8.42 Å². The summed E-state index contributed by atoms with van der Waals surface area (Å²) in [6.45, 7) is 7.30. The molecular weight excluding hydrogens is 426 g/mol. The average molecular weight is 460 g/mol. The summed E-state index contributed by atoms with van der Waals surface area (Å²) in [5.74, 6) is -0.725. The Balaban J connectivity index is 2.34. The summed E-state index contributed by atoms with van der Waals surface area (Å²) in [5.41, 5.74) is 2.34. The summed E-state index contributed by atoms with van der Waals surface area (Å²) >= 11 is 0. The summed E-state index contributed by atoms with van der Waals surface area (Å²) in [7, 11) is -3.71. The highest BCUT2D eigenvalue weighted by Gasteiger charge is 2.30. The maximum atomic E-state index is 13.4. The second-order valence-electron chi connectivity index (χ2n) is 8.11. The minimum Gasteiger partial charge on any atom is -0.352 e. The van der Waals surface area contributed by atoms with E-state index >= 15 is 0 Å². The molecule has 174 valence electrons. The zero-order valence-corrected chi connectivity index (χ0v) is 20.2. The van der Waals surface area contributed by atoms with Crippen molar-refractivity contribution in [2.75, 3.05) is 17.1 Å². The standard InChI is InChI=1S/C24H33N3O4S/c1-6-19(3)25-24(29)20(4)26(16-21-14-12-18(2)13-15-21)23(28)17-27(32(5,30)31)22-10-8-7-9-11-22/h7-15,19-20H,6,16-17H2,1-5H3,(H,25,29). The van der Waals surface area contributed by atoms with Gasteiger partial charge in [0.2, 0.25) is 21.8 Å². The molecule has 1 N–H and O–H groups in total. The lowest BCUT2D eigenvalue weighted by atomic mass is 10.1. The Labute approximate surface area is 191 Å². The Kier molecular flexibility index (Phi) is 8.83. The number of carbonyl (C=O) groups is 2. The molecule has 32 heavy (non-hydrogen) atoms. The van der Waals surface area contributed by atoms with Gasteiger partial charge in [-0.3, -0.25) is 13.9 Å². The first-order chi connectivity index (χ1) is 15.0. The number of hydrogen-bond acceptors (Lipinski definition) is 4. The summed E-state index contributed by atoms with van der Waals surface area (Å²) in [5, 5.41) is 2.91.